The SMILES string of the molecule is CC(C)CCCC1(C)OC1CCC1(C)OC1CN1C(=O)c2cccc(O)c2Nc2c(O)cc(O)cc21. The number of carbonyl (C=O) groups excluding carboxylic acids is 1. The van der Waals surface area contributed by atoms with E-state index >= 15 is 0 Å². The van der Waals surface area contributed by atoms with Crippen molar-refractivity contribution < 1.29 is 29.6 Å². The number of amides is 1. The van der Waals surface area contributed by atoms with Gasteiger partial charge in [0.05, 0.1) is 40.8 Å². The summed E-state index contributed by atoms with van der Waals surface area (Å²) in [6.07, 6.45) is 5.20. The van der Waals surface area contributed by atoms with Gasteiger partial charge in [-0.15, -0.1) is 0 Å². The van der Waals surface area contributed by atoms with Gasteiger partial charge in [0, 0.05) is 12.1 Å². The molecule has 2 fully saturated rings. The number of benzene rings is 2. The summed E-state index contributed by atoms with van der Waals surface area (Å²) in [5.41, 5.74) is 0.639. The highest BCUT2D eigenvalue weighted by molar-refractivity contribution is 6.15. The minimum atomic E-state index is -0.383. The zero-order valence-electron chi connectivity index (χ0n) is 21.4. The van der Waals surface area contributed by atoms with Crippen LogP contribution < -0.4 is 10.2 Å². The van der Waals surface area contributed by atoms with Crippen LogP contribution in [0.3, 0.4) is 0 Å². The lowest BCUT2D eigenvalue weighted by molar-refractivity contribution is 0.0986. The van der Waals surface area contributed by atoms with Crippen LogP contribution >= 0.6 is 0 Å². The summed E-state index contributed by atoms with van der Waals surface area (Å²) in [5.74, 6) is -0.135. The van der Waals surface area contributed by atoms with Crippen molar-refractivity contribution >= 4 is 23.0 Å². The van der Waals surface area contributed by atoms with Crippen LogP contribution in [0, 0.1) is 5.92 Å². The maximum atomic E-state index is 13.6. The third-order valence-electron chi connectivity index (χ3n) is 7.92. The Bertz CT molecular complexity index is 1180. The van der Waals surface area contributed by atoms with Crippen molar-refractivity contribution in [1.82, 2.24) is 0 Å². The molecule has 1 amide bonds. The second kappa shape index (κ2) is 8.85. The van der Waals surface area contributed by atoms with Crippen molar-refractivity contribution in [3.05, 3.63) is 35.9 Å². The number of phenolic OH excluding ortho intramolecular Hbond substituents is 3. The van der Waals surface area contributed by atoms with Gasteiger partial charge in [0.25, 0.3) is 5.91 Å². The van der Waals surface area contributed by atoms with Gasteiger partial charge in [-0.3, -0.25) is 4.79 Å². The highest BCUT2D eigenvalue weighted by Gasteiger charge is 2.57. The lowest BCUT2D eigenvalue weighted by atomic mass is 9.92. The van der Waals surface area contributed by atoms with E-state index in [4.69, 9.17) is 9.47 Å². The molecule has 3 heterocycles. The van der Waals surface area contributed by atoms with Crippen molar-refractivity contribution in [2.24, 2.45) is 5.92 Å². The molecule has 3 aliphatic heterocycles. The van der Waals surface area contributed by atoms with Crippen molar-refractivity contribution in [3.8, 4) is 17.2 Å². The minimum Gasteiger partial charge on any atom is -0.508 e. The molecule has 2 saturated heterocycles. The predicted molar refractivity (Wildman–Crippen MR) is 137 cm³/mol. The minimum absolute atomic E-state index is 0.0399. The molecule has 0 radical (unpaired) electrons. The third kappa shape index (κ3) is 4.60. The summed E-state index contributed by atoms with van der Waals surface area (Å²) < 4.78 is 12.1. The second-order valence-corrected chi connectivity index (χ2v) is 11.3. The van der Waals surface area contributed by atoms with E-state index in [2.05, 4.69) is 33.0 Å². The number of carbonyl (C=O) groups is 1. The average Bonchev–Trinajstić information content (AvgIpc) is 3.67. The van der Waals surface area contributed by atoms with Crippen molar-refractivity contribution in [3.63, 3.8) is 0 Å². The molecule has 4 N–H and O–H groups in total. The fourth-order valence-electron chi connectivity index (χ4n) is 5.41. The molecule has 8 nitrogen and oxygen atoms in total. The summed E-state index contributed by atoms with van der Waals surface area (Å²) in [4.78, 5) is 15.1. The summed E-state index contributed by atoms with van der Waals surface area (Å²) in [5, 5.41) is 34.1. The molecule has 2 aromatic carbocycles. The number of nitrogens with zero attached hydrogens (tertiary/aromatic N) is 1. The number of ether oxygens (including phenoxy) is 2. The van der Waals surface area contributed by atoms with E-state index in [0.29, 0.717) is 11.6 Å². The van der Waals surface area contributed by atoms with Gasteiger partial charge in [0.1, 0.15) is 29.0 Å². The largest absolute Gasteiger partial charge is 0.508 e. The standard InChI is InChI=1S/C28H36N2O6/c1-16(2)7-6-11-27(3)22(35-27)10-12-28(4)23(36-28)15-30-19-13-17(31)14-21(33)25(19)29-24-18(26(30)34)8-5-9-20(24)32/h5,8-9,13-14,16,22-23,29,31-33H,6-7,10-12,15H2,1-4H3. The van der Waals surface area contributed by atoms with E-state index in [9.17, 15) is 20.1 Å². The Morgan fingerprint density at radius 2 is 1.72 bits per heavy atom. The number of para-hydroxylation sites is 1. The van der Waals surface area contributed by atoms with E-state index in [1.165, 1.54) is 35.9 Å². The molecule has 0 bridgehead atoms. The zero-order chi connectivity index (χ0) is 25.8. The number of phenols is 3. The van der Waals surface area contributed by atoms with Gasteiger partial charge in [0.2, 0.25) is 0 Å². The van der Waals surface area contributed by atoms with E-state index in [1.54, 1.807) is 12.1 Å². The lowest BCUT2D eigenvalue weighted by Crippen LogP contribution is -2.35. The number of aromatic hydroxyl groups is 3. The fraction of sp³-hybridized carbons (Fsp3) is 0.536. The molecule has 3 aliphatic rings. The average molecular weight is 497 g/mol. The highest BCUT2D eigenvalue weighted by Crippen LogP contribution is 2.50. The monoisotopic (exact) mass is 496 g/mol. The molecule has 2 aromatic rings. The smallest absolute Gasteiger partial charge is 0.260 e. The molecule has 194 valence electrons. The first-order chi connectivity index (χ1) is 17.0. The van der Waals surface area contributed by atoms with Gasteiger partial charge in [-0.05, 0) is 51.2 Å². The van der Waals surface area contributed by atoms with Crippen LogP contribution in [0.4, 0.5) is 17.1 Å². The first kappa shape index (κ1) is 24.7. The van der Waals surface area contributed by atoms with E-state index in [1.807, 2.05) is 0 Å². The summed E-state index contributed by atoms with van der Waals surface area (Å²) in [6, 6.07) is 7.33. The Labute approximate surface area is 211 Å². The molecule has 8 heteroatoms. The number of epoxide rings is 2. The first-order valence-electron chi connectivity index (χ1n) is 12.8. The Balaban J connectivity index is 1.29. The van der Waals surface area contributed by atoms with Crippen molar-refractivity contribution in [2.75, 3.05) is 16.8 Å². The van der Waals surface area contributed by atoms with Gasteiger partial charge in [-0.1, -0.05) is 32.8 Å². The van der Waals surface area contributed by atoms with Crippen LogP contribution in [-0.2, 0) is 9.47 Å². The van der Waals surface area contributed by atoms with Crippen molar-refractivity contribution in [1.29, 1.82) is 0 Å². The fourth-order valence-corrected chi connectivity index (χ4v) is 5.41. The summed E-state index contributed by atoms with van der Waals surface area (Å²) in [7, 11) is 0. The molecule has 0 aliphatic carbocycles. The van der Waals surface area contributed by atoms with E-state index in [-0.39, 0.29) is 70.0 Å². The van der Waals surface area contributed by atoms with Crippen LogP contribution in [-0.4, -0.2) is 51.2 Å². The Morgan fingerprint density at radius 1 is 1.00 bits per heavy atom. The molecular formula is C28H36N2O6. The molecule has 36 heavy (non-hydrogen) atoms. The number of rotatable bonds is 9. The topological polar surface area (TPSA) is 118 Å². The van der Waals surface area contributed by atoms with Crippen LogP contribution in [0.1, 0.15) is 70.2 Å². The molecule has 0 aromatic heterocycles. The molecule has 4 atom stereocenters. The van der Waals surface area contributed by atoms with Gasteiger partial charge >= 0.3 is 0 Å². The zero-order valence-corrected chi connectivity index (χ0v) is 21.4. The number of nitrogens with one attached hydrogen (secondary N) is 1. The van der Waals surface area contributed by atoms with Crippen LogP contribution in [0.2, 0.25) is 0 Å². The second-order valence-electron chi connectivity index (χ2n) is 11.3. The third-order valence-corrected chi connectivity index (χ3v) is 7.92. The van der Waals surface area contributed by atoms with Crippen LogP contribution in [0.25, 0.3) is 0 Å². The Hall–Kier alpha value is -2.97. The summed E-state index contributed by atoms with van der Waals surface area (Å²) >= 11 is 0. The maximum absolute atomic E-state index is 13.6. The molecule has 0 spiro atoms. The molecule has 5 rings (SSSR count). The number of hydrogen-bond acceptors (Lipinski definition) is 7. The van der Waals surface area contributed by atoms with Gasteiger partial charge in [0.15, 0.2) is 0 Å². The number of fused-ring (bicyclic) bond motifs is 2. The quantitative estimate of drug-likeness (QED) is 0.208. The Kier molecular flexibility index (Phi) is 6.08. The van der Waals surface area contributed by atoms with E-state index in [0.717, 1.165) is 19.3 Å². The normalized spacial score (nSPS) is 28.4. The van der Waals surface area contributed by atoms with Gasteiger partial charge < -0.3 is 35.0 Å². The summed E-state index contributed by atoms with van der Waals surface area (Å²) in [6.45, 7) is 8.98. The van der Waals surface area contributed by atoms with Crippen LogP contribution in [0.15, 0.2) is 30.3 Å². The Morgan fingerprint density at radius 3 is 2.47 bits per heavy atom. The highest BCUT2D eigenvalue weighted by atomic mass is 16.6. The number of anilines is 3. The molecular weight excluding hydrogens is 460 g/mol. The van der Waals surface area contributed by atoms with Gasteiger partial charge in [-0.25, -0.2) is 0 Å². The lowest BCUT2D eigenvalue weighted by Gasteiger charge is -2.23. The maximum Gasteiger partial charge on any atom is 0.260 e. The first-order valence-corrected chi connectivity index (χ1v) is 12.8. The van der Waals surface area contributed by atoms with Crippen molar-refractivity contribution in [2.45, 2.75) is 83.2 Å². The van der Waals surface area contributed by atoms with E-state index < -0.39 is 0 Å². The number of hydrogen-bond donors (Lipinski definition) is 4. The van der Waals surface area contributed by atoms with Gasteiger partial charge in [-0.2, -0.15) is 0 Å². The molecule has 4 unspecified atom stereocenters. The predicted octanol–water partition coefficient (Wildman–Crippen LogP) is 5.43. The molecule has 0 saturated carbocycles. The van der Waals surface area contributed by atoms with Crippen LogP contribution in [0.5, 0.6) is 17.2 Å².